The first kappa shape index (κ1) is 23.0. The number of piperidine rings is 1. The molecule has 180 valence electrons. The Morgan fingerprint density at radius 2 is 1.66 bits per heavy atom. The van der Waals surface area contributed by atoms with E-state index in [1.807, 2.05) is 36.1 Å². The van der Waals surface area contributed by atoms with Gasteiger partial charge in [0.15, 0.2) is 0 Å². The predicted octanol–water partition coefficient (Wildman–Crippen LogP) is 8.17. The van der Waals surface area contributed by atoms with Gasteiger partial charge in [-0.15, -0.1) is 0 Å². The fraction of sp³-hybridized carbons (Fsp3) is 0.345. The third-order valence-electron chi connectivity index (χ3n) is 7.96. The van der Waals surface area contributed by atoms with E-state index in [-0.39, 0.29) is 5.82 Å². The van der Waals surface area contributed by atoms with Crippen LogP contribution < -0.4 is 10.2 Å². The highest BCUT2D eigenvalue weighted by atomic mass is 35.5. The van der Waals surface area contributed by atoms with E-state index in [4.69, 9.17) is 28.6 Å². The van der Waals surface area contributed by atoms with Crippen LogP contribution in [0.2, 0.25) is 10.0 Å². The molecule has 2 unspecified atom stereocenters. The van der Waals surface area contributed by atoms with Crippen LogP contribution in [0.25, 0.3) is 11.1 Å². The summed E-state index contributed by atoms with van der Waals surface area (Å²) in [5.74, 6) is 0.701. The number of amidine groups is 1. The van der Waals surface area contributed by atoms with Crippen LogP contribution in [0.5, 0.6) is 0 Å². The van der Waals surface area contributed by atoms with Gasteiger partial charge in [0.2, 0.25) is 0 Å². The van der Waals surface area contributed by atoms with Crippen molar-refractivity contribution < 1.29 is 4.39 Å². The van der Waals surface area contributed by atoms with Gasteiger partial charge in [0.25, 0.3) is 0 Å². The van der Waals surface area contributed by atoms with Crippen LogP contribution in [0.4, 0.5) is 15.8 Å². The topological polar surface area (TPSA) is 39.1 Å². The maximum atomic E-state index is 14.0. The molecule has 3 heterocycles. The number of nitrogens with zero attached hydrogens (tertiary/aromatic N) is 1. The second-order valence-electron chi connectivity index (χ2n) is 10.2. The normalized spacial score (nSPS) is 23.5. The highest BCUT2D eigenvalue weighted by Gasteiger charge is 2.36. The van der Waals surface area contributed by atoms with Crippen LogP contribution in [-0.4, -0.2) is 17.9 Å². The van der Waals surface area contributed by atoms with Crippen molar-refractivity contribution >= 4 is 40.4 Å². The largest absolute Gasteiger partial charge is 0.311 e. The van der Waals surface area contributed by atoms with Crippen LogP contribution in [-0.2, 0) is 6.42 Å². The molecule has 0 radical (unpaired) electrons. The second-order valence-corrected chi connectivity index (χ2v) is 11.0. The number of hydrogen-bond acceptors (Lipinski definition) is 2. The van der Waals surface area contributed by atoms with E-state index in [2.05, 4.69) is 17.4 Å². The Kier molecular flexibility index (Phi) is 5.87. The maximum absolute atomic E-state index is 14.0. The molecule has 0 aromatic heterocycles. The molecule has 3 aliphatic rings. The van der Waals surface area contributed by atoms with E-state index >= 15 is 0 Å². The van der Waals surface area contributed by atoms with E-state index in [9.17, 15) is 4.39 Å². The third kappa shape index (κ3) is 4.06. The average molecular weight is 508 g/mol. The van der Waals surface area contributed by atoms with Crippen molar-refractivity contribution in [2.45, 2.75) is 63.5 Å². The molecule has 2 bridgehead atoms. The summed E-state index contributed by atoms with van der Waals surface area (Å²) in [6.45, 7) is 1.97. The summed E-state index contributed by atoms with van der Waals surface area (Å²) in [6, 6.07) is 16.2. The summed E-state index contributed by atoms with van der Waals surface area (Å²) in [5.41, 5.74) is 7.15. The molecule has 2 N–H and O–H groups in total. The molecule has 6 rings (SSSR count). The Morgan fingerprint density at radius 3 is 2.34 bits per heavy atom. The van der Waals surface area contributed by atoms with Gasteiger partial charge < -0.3 is 5.32 Å². The molecule has 6 heteroatoms. The highest BCUT2D eigenvalue weighted by molar-refractivity contribution is 6.40. The predicted molar refractivity (Wildman–Crippen MR) is 143 cm³/mol. The molecule has 3 aromatic carbocycles. The molecule has 0 aliphatic carbocycles. The number of rotatable bonds is 3. The fourth-order valence-corrected chi connectivity index (χ4v) is 6.90. The van der Waals surface area contributed by atoms with Gasteiger partial charge in [-0.1, -0.05) is 41.4 Å². The monoisotopic (exact) mass is 507 g/mol. The quantitative estimate of drug-likeness (QED) is 0.375. The zero-order chi connectivity index (χ0) is 24.3. The first-order valence-electron chi connectivity index (χ1n) is 12.4. The molecular weight excluding hydrogens is 480 g/mol. The Bertz CT molecular complexity index is 1310. The lowest BCUT2D eigenvalue weighted by Crippen LogP contribution is -2.37. The minimum Gasteiger partial charge on any atom is -0.311 e. The summed E-state index contributed by atoms with van der Waals surface area (Å²) in [6.07, 6.45) is 6.03. The van der Waals surface area contributed by atoms with E-state index < -0.39 is 0 Å². The molecule has 35 heavy (non-hydrogen) atoms. The molecule has 0 amide bonds. The number of aryl methyl sites for hydroxylation is 1. The first-order valence-corrected chi connectivity index (χ1v) is 13.2. The van der Waals surface area contributed by atoms with E-state index in [0.29, 0.717) is 46.0 Å². The Morgan fingerprint density at radius 1 is 0.943 bits per heavy atom. The van der Waals surface area contributed by atoms with E-state index in [1.54, 1.807) is 12.1 Å². The molecule has 3 nitrogen and oxygen atoms in total. The Labute approximate surface area is 215 Å². The molecular formula is C29H28Cl2FN3. The van der Waals surface area contributed by atoms with E-state index in [1.165, 1.54) is 18.4 Å². The highest BCUT2D eigenvalue weighted by Crippen LogP contribution is 2.48. The van der Waals surface area contributed by atoms with Crippen molar-refractivity contribution in [3.05, 3.63) is 81.1 Å². The first-order chi connectivity index (χ1) is 16.9. The number of benzene rings is 3. The van der Waals surface area contributed by atoms with Gasteiger partial charge in [-0.05, 0) is 103 Å². The van der Waals surface area contributed by atoms with Crippen molar-refractivity contribution in [1.29, 1.82) is 5.41 Å². The standard InChI is InChI=1S/C29H28Cl2FN3/c1-16-11-19(32)5-8-22(16)24-14-18(17-12-20-6-7-21(13-17)34-20)15-27-23(24)9-10-28(33)35(27)29-25(30)3-2-4-26(29)31/h2-5,8,11,14-15,17,20-21,33-34H,6-7,9-10,12-13H2,1H3. The summed E-state index contributed by atoms with van der Waals surface area (Å²) < 4.78 is 14.0. The number of nitrogens with one attached hydrogen (secondary N) is 2. The van der Waals surface area contributed by atoms with Gasteiger partial charge in [0.1, 0.15) is 11.7 Å². The van der Waals surface area contributed by atoms with Crippen LogP contribution in [0, 0.1) is 18.2 Å². The van der Waals surface area contributed by atoms with Crippen molar-refractivity contribution in [2.75, 3.05) is 4.90 Å². The third-order valence-corrected chi connectivity index (χ3v) is 8.57. The van der Waals surface area contributed by atoms with Crippen LogP contribution in [0.1, 0.15) is 54.7 Å². The summed E-state index contributed by atoms with van der Waals surface area (Å²) >= 11 is 13.3. The van der Waals surface area contributed by atoms with Gasteiger partial charge in [0, 0.05) is 18.5 Å². The minimum absolute atomic E-state index is 0.225. The molecule has 0 saturated carbocycles. The minimum atomic E-state index is -0.225. The second kappa shape index (κ2) is 8.92. The van der Waals surface area contributed by atoms with Crippen LogP contribution in [0.15, 0.2) is 48.5 Å². The maximum Gasteiger partial charge on any atom is 0.123 e. The van der Waals surface area contributed by atoms with Crippen molar-refractivity contribution in [2.24, 2.45) is 0 Å². The molecule has 2 saturated heterocycles. The number of fused-ring (bicyclic) bond motifs is 3. The van der Waals surface area contributed by atoms with Gasteiger partial charge in [-0.3, -0.25) is 10.3 Å². The summed E-state index contributed by atoms with van der Waals surface area (Å²) in [4.78, 5) is 1.94. The molecule has 2 atom stereocenters. The Hall–Kier alpha value is -2.40. The Balaban J connectivity index is 1.58. The van der Waals surface area contributed by atoms with Gasteiger partial charge in [-0.2, -0.15) is 0 Å². The number of halogens is 3. The lowest BCUT2D eigenvalue weighted by Gasteiger charge is -2.36. The molecule has 0 spiro atoms. The molecule has 2 fully saturated rings. The lowest BCUT2D eigenvalue weighted by atomic mass is 9.81. The molecule has 3 aromatic rings. The smallest absolute Gasteiger partial charge is 0.123 e. The zero-order valence-corrected chi connectivity index (χ0v) is 21.2. The van der Waals surface area contributed by atoms with Crippen molar-refractivity contribution in [3.8, 4) is 11.1 Å². The average Bonchev–Trinajstić information content (AvgIpc) is 3.17. The van der Waals surface area contributed by atoms with Gasteiger partial charge in [0.05, 0.1) is 21.4 Å². The van der Waals surface area contributed by atoms with Crippen molar-refractivity contribution in [3.63, 3.8) is 0 Å². The van der Waals surface area contributed by atoms with Gasteiger partial charge >= 0.3 is 0 Å². The van der Waals surface area contributed by atoms with Crippen molar-refractivity contribution in [1.82, 2.24) is 5.32 Å². The van der Waals surface area contributed by atoms with E-state index in [0.717, 1.165) is 47.2 Å². The number of para-hydroxylation sites is 1. The fourth-order valence-electron chi connectivity index (χ4n) is 6.33. The van der Waals surface area contributed by atoms with Gasteiger partial charge in [-0.25, -0.2) is 4.39 Å². The summed E-state index contributed by atoms with van der Waals surface area (Å²) in [5, 5.41) is 13.7. The van der Waals surface area contributed by atoms with Crippen LogP contribution >= 0.6 is 23.2 Å². The van der Waals surface area contributed by atoms with Crippen LogP contribution in [0.3, 0.4) is 0 Å². The lowest BCUT2D eigenvalue weighted by molar-refractivity contribution is 0.363. The number of anilines is 2. The SMILES string of the molecule is Cc1cc(F)ccc1-c1cc(C2CC3CCC(C2)N3)cc2c1CCC(=N)N2c1c(Cl)cccc1Cl. The zero-order valence-electron chi connectivity index (χ0n) is 19.7. The molecule has 3 aliphatic heterocycles. The number of hydrogen-bond donors (Lipinski definition) is 2. The summed E-state index contributed by atoms with van der Waals surface area (Å²) in [7, 11) is 0.